The molecule has 0 nitrogen and oxygen atoms in total. The van der Waals surface area contributed by atoms with Gasteiger partial charge in [0.05, 0.1) is 0 Å². The molecule has 0 aromatic rings. The van der Waals surface area contributed by atoms with E-state index in [-0.39, 0.29) is 0 Å². The molecular weight excluding hydrogens is 184 g/mol. The van der Waals surface area contributed by atoms with Gasteiger partial charge in [0, 0.05) is 0 Å². The predicted octanol–water partition coefficient (Wildman–Crippen LogP) is 3.63. The van der Waals surface area contributed by atoms with E-state index in [0.29, 0.717) is 0 Å². The summed E-state index contributed by atoms with van der Waals surface area (Å²) >= 11 is 0. The van der Waals surface area contributed by atoms with Crippen molar-refractivity contribution in [1.29, 1.82) is 0 Å². The Morgan fingerprint density at radius 1 is 0.667 bits per heavy atom. The topological polar surface area (TPSA) is 0 Å². The molecule has 1 saturated heterocycles. The molecule has 0 N–H and O–H groups in total. The molecular formula is C5H14P4. The summed E-state index contributed by atoms with van der Waals surface area (Å²) in [5.41, 5.74) is 0. The summed E-state index contributed by atoms with van der Waals surface area (Å²) in [4.78, 5) is 0. The van der Waals surface area contributed by atoms with Crippen LogP contribution in [0.2, 0.25) is 0 Å². The first-order valence-corrected chi connectivity index (χ1v) is 10.9. The van der Waals surface area contributed by atoms with Crippen molar-refractivity contribution in [2.45, 2.75) is 19.3 Å². The van der Waals surface area contributed by atoms with Gasteiger partial charge >= 0.3 is 0 Å². The summed E-state index contributed by atoms with van der Waals surface area (Å²) in [6, 6.07) is 0. The zero-order valence-corrected chi connectivity index (χ0v) is 9.54. The van der Waals surface area contributed by atoms with Crippen molar-refractivity contribution >= 4 is 32.5 Å². The molecule has 4 unspecified atom stereocenters. The average molecular weight is 198 g/mol. The Morgan fingerprint density at radius 3 is 1.78 bits per heavy atom. The van der Waals surface area contributed by atoms with Crippen LogP contribution in [-0.4, -0.2) is 12.3 Å². The highest BCUT2D eigenvalue weighted by atomic mass is 32.6. The highest BCUT2D eigenvalue weighted by molar-refractivity contribution is 8.59. The second kappa shape index (κ2) is 6.43. The van der Waals surface area contributed by atoms with Crippen molar-refractivity contribution in [3.63, 3.8) is 0 Å². The lowest BCUT2D eigenvalue weighted by atomic mass is 10.3. The van der Waals surface area contributed by atoms with Gasteiger partial charge in [-0.05, 0) is 25.2 Å². The monoisotopic (exact) mass is 198 g/mol. The second-order valence-corrected chi connectivity index (χ2v) is 12.5. The number of hydrogen-bond donors (Lipinski definition) is 0. The van der Waals surface area contributed by atoms with Gasteiger partial charge in [0.1, 0.15) is 0 Å². The van der Waals surface area contributed by atoms with Gasteiger partial charge in [-0.1, -0.05) is 38.9 Å². The average Bonchev–Trinajstić information content (AvgIpc) is 2.00. The van der Waals surface area contributed by atoms with Crippen LogP contribution in [0.3, 0.4) is 0 Å². The van der Waals surface area contributed by atoms with E-state index < -0.39 is 0 Å². The van der Waals surface area contributed by atoms with Gasteiger partial charge in [-0.3, -0.25) is 0 Å². The molecule has 1 rings (SSSR count). The maximum Gasteiger partial charge on any atom is -0.0314 e. The largest absolute Gasteiger partial charge is 0.0947 e. The van der Waals surface area contributed by atoms with Crippen LogP contribution in [0, 0.1) is 0 Å². The first kappa shape index (κ1) is 8.81. The van der Waals surface area contributed by atoms with Gasteiger partial charge in [0.15, 0.2) is 0 Å². The molecule has 54 valence electrons. The maximum atomic E-state index is 1.55. The maximum absolute atomic E-state index is 1.55. The molecule has 1 aliphatic rings. The Labute approximate surface area is 64.5 Å². The van der Waals surface area contributed by atoms with Crippen LogP contribution < -0.4 is 0 Å². The number of hydrogen-bond acceptors (Lipinski definition) is 0. The summed E-state index contributed by atoms with van der Waals surface area (Å²) in [6.45, 7) is 0. The molecule has 0 bridgehead atoms. The van der Waals surface area contributed by atoms with Gasteiger partial charge in [0.25, 0.3) is 0 Å². The van der Waals surface area contributed by atoms with E-state index >= 15 is 0 Å². The minimum Gasteiger partial charge on any atom is -0.0947 e. The number of rotatable bonds is 0. The zero-order chi connectivity index (χ0) is 6.36. The van der Waals surface area contributed by atoms with Crippen LogP contribution in [0.5, 0.6) is 0 Å². The van der Waals surface area contributed by atoms with E-state index in [1.165, 1.54) is 51.7 Å². The molecule has 1 fully saturated rings. The van der Waals surface area contributed by atoms with Crippen LogP contribution in [0.1, 0.15) is 19.3 Å². The van der Waals surface area contributed by atoms with Crippen LogP contribution in [0.4, 0.5) is 0 Å². The smallest absolute Gasteiger partial charge is 0.0314 e. The SMILES string of the molecule is C1CCPPPPCC1. The third kappa shape index (κ3) is 5.04. The van der Waals surface area contributed by atoms with Gasteiger partial charge < -0.3 is 0 Å². The zero-order valence-electron chi connectivity index (χ0n) is 5.54. The third-order valence-electron chi connectivity index (χ3n) is 1.34. The van der Waals surface area contributed by atoms with Gasteiger partial charge in [0.2, 0.25) is 0 Å². The van der Waals surface area contributed by atoms with Crippen molar-refractivity contribution in [3.05, 3.63) is 0 Å². The van der Waals surface area contributed by atoms with Crippen molar-refractivity contribution in [1.82, 2.24) is 0 Å². The normalized spacial score (nSPS) is 34.7. The van der Waals surface area contributed by atoms with Crippen molar-refractivity contribution in [3.8, 4) is 0 Å². The highest BCUT2D eigenvalue weighted by Gasteiger charge is 1.95. The first-order chi connectivity index (χ1) is 4.50. The van der Waals surface area contributed by atoms with Gasteiger partial charge in [-0.25, -0.2) is 0 Å². The first-order valence-electron chi connectivity index (χ1n) is 3.46. The molecule has 1 heterocycles. The molecule has 0 radical (unpaired) electrons. The highest BCUT2D eigenvalue weighted by Crippen LogP contribution is 2.63. The Balaban J connectivity index is 2.02. The molecule has 4 atom stereocenters. The minimum atomic E-state index is 1.33. The van der Waals surface area contributed by atoms with Crippen LogP contribution in [0.15, 0.2) is 0 Å². The molecule has 0 saturated carbocycles. The second-order valence-electron chi connectivity index (χ2n) is 2.16. The fourth-order valence-corrected chi connectivity index (χ4v) is 13.1. The Kier molecular flexibility index (Phi) is 6.30. The van der Waals surface area contributed by atoms with E-state index in [0.717, 1.165) is 0 Å². The van der Waals surface area contributed by atoms with E-state index in [1.54, 1.807) is 12.3 Å². The van der Waals surface area contributed by atoms with Crippen LogP contribution in [-0.2, 0) is 0 Å². The molecule has 0 aromatic carbocycles. The quantitative estimate of drug-likeness (QED) is 0.521. The van der Waals surface area contributed by atoms with Crippen LogP contribution >= 0.6 is 32.5 Å². The molecule has 0 aliphatic carbocycles. The standard InChI is InChI=1S/C5H14P4/c1-2-4-6-8-9-7-5-3-1/h6-9H,1-5H2. The molecule has 0 amide bonds. The van der Waals surface area contributed by atoms with E-state index in [2.05, 4.69) is 0 Å². The minimum absolute atomic E-state index is 1.33. The Morgan fingerprint density at radius 2 is 1.22 bits per heavy atom. The fourth-order valence-electron chi connectivity index (χ4n) is 0.817. The molecule has 4 heteroatoms. The fraction of sp³-hybridized carbons (Fsp3) is 1.00. The Hall–Kier alpha value is 1.72. The van der Waals surface area contributed by atoms with Crippen LogP contribution in [0.25, 0.3) is 0 Å². The Bertz CT molecular complexity index is 37.4. The predicted molar refractivity (Wildman–Crippen MR) is 56.8 cm³/mol. The van der Waals surface area contributed by atoms with Gasteiger partial charge in [-0.2, -0.15) is 0 Å². The summed E-state index contributed by atoms with van der Waals surface area (Å²) in [5.74, 6) is 0. The molecule has 0 aromatic heterocycles. The summed E-state index contributed by atoms with van der Waals surface area (Å²) in [5, 5.41) is 0. The van der Waals surface area contributed by atoms with E-state index in [4.69, 9.17) is 0 Å². The summed E-state index contributed by atoms with van der Waals surface area (Å²) in [7, 11) is 5.37. The van der Waals surface area contributed by atoms with Gasteiger partial charge in [-0.15, -0.1) is 0 Å². The lowest BCUT2D eigenvalue weighted by Gasteiger charge is -1.95. The summed E-state index contributed by atoms with van der Waals surface area (Å²) in [6.07, 6.45) is 7.68. The van der Waals surface area contributed by atoms with E-state index in [9.17, 15) is 0 Å². The van der Waals surface area contributed by atoms with Crippen molar-refractivity contribution in [2.24, 2.45) is 0 Å². The van der Waals surface area contributed by atoms with E-state index in [1.807, 2.05) is 0 Å². The third-order valence-corrected chi connectivity index (χ3v) is 13.6. The molecule has 1 aliphatic heterocycles. The lowest BCUT2D eigenvalue weighted by molar-refractivity contribution is 0.785. The van der Waals surface area contributed by atoms with Crippen molar-refractivity contribution < 1.29 is 0 Å². The molecule has 0 spiro atoms. The molecule has 9 heavy (non-hydrogen) atoms. The van der Waals surface area contributed by atoms with Crippen molar-refractivity contribution in [2.75, 3.05) is 12.3 Å². The summed E-state index contributed by atoms with van der Waals surface area (Å²) < 4.78 is 0. The lowest BCUT2D eigenvalue weighted by Crippen LogP contribution is -1.77.